The summed E-state index contributed by atoms with van der Waals surface area (Å²) in [6.45, 7) is 2.55. The summed E-state index contributed by atoms with van der Waals surface area (Å²) in [6.07, 6.45) is 3.82. The molecule has 3 nitrogen and oxygen atoms in total. The Morgan fingerprint density at radius 2 is 1.55 bits per heavy atom. The van der Waals surface area contributed by atoms with Gasteiger partial charge in [0.15, 0.2) is 0 Å². The van der Waals surface area contributed by atoms with Gasteiger partial charge >= 0.3 is 0 Å². The van der Waals surface area contributed by atoms with E-state index in [4.69, 9.17) is 10.1 Å². The van der Waals surface area contributed by atoms with Gasteiger partial charge in [-0.2, -0.15) is 5.26 Å². The maximum absolute atomic E-state index is 8.69. The lowest BCUT2D eigenvalue weighted by molar-refractivity contribution is 0.132. The zero-order chi connectivity index (χ0) is 14.2. The first-order valence-electron chi connectivity index (χ1n) is 6.48. The lowest BCUT2D eigenvalue weighted by Crippen LogP contribution is -1.89. The van der Waals surface area contributed by atoms with Crippen LogP contribution in [0.3, 0.4) is 0 Å². The molecular weight excluding hydrogens is 248 g/mol. The molecule has 99 valence electrons. The lowest BCUT2D eigenvalue weighted by atomic mass is 10.1. The second-order valence-electron chi connectivity index (χ2n) is 4.34. The van der Waals surface area contributed by atoms with Crippen molar-refractivity contribution in [3.05, 3.63) is 70.8 Å². The van der Waals surface area contributed by atoms with Gasteiger partial charge in [0.2, 0.25) is 0 Å². The quantitative estimate of drug-likeness (QED) is 0.611. The molecule has 0 heterocycles. The molecule has 0 bridgehead atoms. The van der Waals surface area contributed by atoms with Gasteiger partial charge in [-0.25, -0.2) is 0 Å². The molecular formula is C17H15N2O. The predicted molar refractivity (Wildman–Crippen MR) is 78.3 cm³/mol. The highest BCUT2D eigenvalue weighted by Crippen LogP contribution is 2.06. The average molecular weight is 263 g/mol. The molecule has 0 spiro atoms. The van der Waals surface area contributed by atoms with E-state index in [2.05, 4.69) is 36.5 Å². The van der Waals surface area contributed by atoms with Crippen LogP contribution in [0.15, 0.2) is 53.7 Å². The van der Waals surface area contributed by atoms with E-state index >= 15 is 0 Å². The molecule has 0 aromatic heterocycles. The molecule has 0 aliphatic heterocycles. The molecule has 3 heteroatoms. The van der Waals surface area contributed by atoms with Gasteiger partial charge in [-0.05, 0) is 29.7 Å². The molecule has 0 amide bonds. The summed E-state index contributed by atoms with van der Waals surface area (Å²) < 4.78 is 0. The van der Waals surface area contributed by atoms with E-state index < -0.39 is 0 Å². The Balaban J connectivity index is 1.85. The van der Waals surface area contributed by atoms with E-state index in [9.17, 15) is 0 Å². The van der Waals surface area contributed by atoms with Gasteiger partial charge in [0.05, 0.1) is 11.6 Å². The van der Waals surface area contributed by atoms with Crippen LogP contribution in [-0.4, -0.2) is 6.21 Å². The minimum absolute atomic E-state index is 0.424. The fourth-order valence-electron chi connectivity index (χ4n) is 1.68. The Morgan fingerprint density at radius 3 is 2.15 bits per heavy atom. The number of hydrogen-bond donors (Lipinski definition) is 0. The number of hydrogen-bond acceptors (Lipinski definition) is 3. The van der Waals surface area contributed by atoms with Crippen molar-refractivity contribution in [2.75, 3.05) is 0 Å². The van der Waals surface area contributed by atoms with Gasteiger partial charge in [-0.15, -0.1) is 0 Å². The van der Waals surface area contributed by atoms with Crippen LogP contribution in [0, 0.1) is 11.3 Å². The molecule has 2 aromatic carbocycles. The molecule has 0 atom stereocenters. The summed E-state index contributed by atoms with van der Waals surface area (Å²) in [5.41, 5.74) is 3.78. The van der Waals surface area contributed by atoms with E-state index in [1.807, 2.05) is 12.1 Å². The van der Waals surface area contributed by atoms with Gasteiger partial charge in [-0.1, -0.05) is 48.5 Å². The van der Waals surface area contributed by atoms with Crippen molar-refractivity contribution in [1.82, 2.24) is 0 Å². The molecule has 0 aliphatic carbocycles. The maximum Gasteiger partial charge on any atom is 0.142 e. The molecule has 20 heavy (non-hydrogen) atoms. The number of benzene rings is 2. The standard InChI is InChI=1S/C17H15N2O/c1-2-14-3-9-17(10-4-14)13-20-19-12-16-7-5-15(11-18)6-8-16/h3-10H,2,13H2,1H3. The zero-order valence-corrected chi connectivity index (χ0v) is 11.3. The van der Waals surface area contributed by atoms with E-state index in [1.54, 1.807) is 24.3 Å². The minimum Gasteiger partial charge on any atom is -0.390 e. The lowest BCUT2D eigenvalue weighted by Gasteiger charge is -2.01. The predicted octanol–water partition coefficient (Wildman–Crippen LogP) is 3.55. The molecule has 0 unspecified atom stereocenters. The third-order valence-corrected chi connectivity index (χ3v) is 2.92. The third-order valence-electron chi connectivity index (χ3n) is 2.92. The average Bonchev–Trinajstić information content (AvgIpc) is 2.53. The number of nitriles is 1. The van der Waals surface area contributed by atoms with Crippen molar-refractivity contribution < 1.29 is 4.84 Å². The van der Waals surface area contributed by atoms with Crippen LogP contribution in [0.2, 0.25) is 0 Å². The van der Waals surface area contributed by atoms with Crippen molar-refractivity contribution in [2.24, 2.45) is 5.16 Å². The van der Waals surface area contributed by atoms with Crippen molar-refractivity contribution in [2.45, 2.75) is 20.0 Å². The topological polar surface area (TPSA) is 45.4 Å². The van der Waals surface area contributed by atoms with Gasteiger partial charge in [0, 0.05) is 5.56 Å². The monoisotopic (exact) mass is 263 g/mol. The van der Waals surface area contributed by atoms with E-state index in [0.29, 0.717) is 12.2 Å². The van der Waals surface area contributed by atoms with Crippen LogP contribution in [0.1, 0.15) is 29.2 Å². The smallest absolute Gasteiger partial charge is 0.142 e. The van der Waals surface area contributed by atoms with Crippen LogP contribution in [0.5, 0.6) is 0 Å². The van der Waals surface area contributed by atoms with Crippen molar-refractivity contribution in [3.63, 3.8) is 0 Å². The normalized spacial score (nSPS) is 10.4. The van der Waals surface area contributed by atoms with Gasteiger partial charge in [-0.3, -0.25) is 0 Å². The number of aryl methyl sites for hydroxylation is 1. The van der Waals surface area contributed by atoms with Crippen LogP contribution < -0.4 is 0 Å². The molecule has 0 saturated heterocycles. The number of nitrogens with zero attached hydrogens (tertiary/aromatic N) is 2. The molecule has 2 aromatic rings. The summed E-state index contributed by atoms with van der Waals surface area (Å²) >= 11 is 0. The summed E-state index contributed by atoms with van der Waals surface area (Å²) in [4.78, 5) is 5.20. The van der Waals surface area contributed by atoms with Crippen molar-refractivity contribution in [3.8, 4) is 6.07 Å². The fourth-order valence-corrected chi connectivity index (χ4v) is 1.68. The Morgan fingerprint density at radius 1 is 0.950 bits per heavy atom. The fraction of sp³-hybridized carbons (Fsp3) is 0.176. The molecule has 0 aliphatic rings. The van der Waals surface area contributed by atoms with Gasteiger partial charge in [0.25, 0.3) is 0 Å². The Hall–Kier alpha value is -2.60. The highest BCUT2D eigenvalue weighted by atomic mass is 16.6. The van der Waals surface area contributed by atoms with E-state index in [1.165, 1.54) is 5.56 Å². The largest absolute Gasteiger partial charge is 0.390 e. The first kappa shape index (κ1) is 13.8. The molecule has 0 fully saturated rings. The van der Waals surface area contributed by atoms with Crippen LogP contribution in [0.25, 0.3) is 0 Å². The Labute approximate surface area is 119 Å². The first-order valence-corrected chi connectivity index (χ1v) is 6.48. The molecule has 0 N–H and O–H groups in total. The van der Waals surface area contributed by atoms with Crippen LogP contribution in [0.4, 0.5) is 0 Å². The highest BCUT2D eigenvalue weighted by molar-refractivity contribution is 5.79. The van der Waals surface area contributed by atoms with Crippen LogP contribution in [-0.2, 0) is 17.9 Å². The Bertz CT molecular complexity index is 607. The highest BCUT2D eigenvalue weighted by Gasteiger charge is 1.94. The van der Waals surface area contributed by atoms with E-state index in [0.717, 1.165) is 17.5 Å². The molecule has 0 saturated carbocycles. The van der Waals surface area contributed by atoms with Gasteiger partial charge < -0.3 is 4.84 Å². The first-order chi connectivity index (χ1) is 9.81. The molecule has 1 radical (unpaired) electrons. The third kappa shape index (κ3) is 3.96. The van der Waals surface area contributed by atoms with Gasteiger partial charge in [0.1, 0.15) is 12.8 Å². The summed E-state index contributed by atoms with van der Waals surface area (Å²) in [7, 11) is 0. The second-order valence-corrected chi connectivity index (χ2v) is 4.34. The number of rotatable bonds is 5. The van der Waals surface area contributed by atoms with E-state index in [-0.39, 0.29) is 0 Å². The van der Waals surface area contributed by atoms with Crippen molar-refractivity contribution >= 4 is 6.21 Å². The van der Waals surface area contributed by atoms with Crippen LogP contribution >= 0.6 is 0 Å². The molecule has 2 rings (SSSR count). The second kappa shape index (κ2) is 7.10. The summed E-state index contributed by atoms with van der Waals surface area (Å²) in [5, 5.41) is 12.5. The SMILES string of the molecule is CCc1ccc(CO/N=[C]\c2ccc(C#N)cc2)cc1. The maximum atomic E-state index is 8.69. The van der Waals surface area contributed by atoms with Crippen molar-refractivity contribution in [1.29, 1.82) is 5.26 Å². The summed E-state index contributed by atoms with van der Waals surface area (Å²) in [5.74, 6) is 0. The Kier molecular flexibility index (Phi) is 4.91. The minimum atomic E-state index is 0.424. The zero-order valence-electron chi connectivity index (χ0n) is 11.3. The summed E-state index contributed by atoms with van der Waals surface area (Å²) in [6, 6.07) is 17.3.